The lowest BCUT2D eigenvalue weighted by atomic mass is 10.1. The molecule has 1 aliphatic rings. The minimum Gasteiger partial charge on any atom is -0.395 e. The molecule has 0 spiro atoms. The second kappa shape index (κ2) is 6.77. The van der Waals surface area contributed by atoms with E-state index in [1.165, 1.54) is 0 Å². The molecule has 0 aliphatic carbocycles. The lowest BCUT2D eigenvalue weighted by Gasteiger charge is -2.38. The van der Waals surface area contributed by atoms with Gasteiger partial charge in [-0.3, -0.25) is 4.90 Å². The minimum atomic E-state index is 0.232. The molecule has 2 aromatic rings. The van der Waals surface area contributed by atoms with Gasteiger partial charge in [0.1, 0.15) is 5.82 Å². The van der Waals surface area contributed by atoms with Crippen LogP contribution in [0.4, 0.5) is 5.82 Å². The summed E-state index contributed by atoms with van der Waals surface area (Å²) in [6, 6.07) is 6.20. The fraction of sp³-hybridized carbons (Fsp3) is 0.500. The van der Waals surface area contributed by atoms with Gasteiger partial charge in [-0.05, 0) is 24.6 Å². The van der Waals surface area contributed by atoms with Gasteiger partial charge in [-0.15, -0.1) is 0 Å². The average Bonchev–Trinajstić information content (AvgIpc) is 2.56. The Labute approximate surface area is 135 Å². The third-order valence-electron chi connectivity index (χ3n) is 4.33. The molecule has 118 valence electrons. The van der Waals surface area contributed by atoms with E-state index in [-0.39, 0.29) is 12.6 Å². The normalized spacial score (nSPS) is 17.9. The Morgan fingerprint density at radius 3 is 2.73 bits per heavy atom. The Kier molecular flexibility index (Phi) is 4.76. The van der Waals surface area contributed by atoms with E-state index < -0.39 is 0 Å². The highest BCUT2D eigenvalue weighted by molar-refractivity contribution is 6.31. The Balaban J connectivity index is 1.72. The minimum absolute atomic E-state index is 0.232. The van der Waals surface area contributed by atoms with Crippen LogP contribution in [-0.2, 0) is 0 Å². The molecule has 1 atom stereocenters. The summed E-state index contributed by atoms with van der Waals surface area (Å²) in [4.78, 5) is 13.6. The summed E-state index contributed by atoms with van der Waals surface area (Å²) in [5, 5.41) is 11.0. The molecule has 1 fully saturated rings. The molecule has 3 rings (SSSR count). The molecule has 1 N–H and O–H groups in total. The number of fused-ring (bicyclic) bond motifs is 1. The number of aliphatic hydroxyl groups excluding tert-OH is 1. The maximum Gasteiger partial charge on any atom is 0.161 e. The average molecular weight is 321 g/mol. The predicted octanol–water partition coefficient (Wildman–Crippen LogP) is 2.18. The van der Waals surface area contributed by atoms with Crippen LogP contribution >= 0.6 is 11.6 Å². The summed E-state index contributed by atoms with van der Waals surface area (Å²) >= 11 is 5.95. The largest absolute Gasteiger partial charge is 0.395 e. The lowest BCUT2D eigenvalue weighted by Crippen LogP contribution is -2.51. The Morgan fingerprint density at radius 1 is 1.27 bits per heavy atom. The molecule has 1 aliphatic heterocycles. The van der Waals surface area contributed by atoms with Crippen LogP contribution in [0.3, 0.4) is 0 Å². The molecule has 1 saturated heterocycles. The number of pyridine rings is 2. The van der Waals surface area contributed by atoms with Crippen LogP contribution in [0.5, 0.6) is 0 Å². The zero-order valence-electron chi connectivity index (χ0n) is 12.7. The van der Waals surface area contributed by atoms with E-state index in [0.29, 0.717) is 5.02 Å². The number of halogens is 1. The summed E-state index contributed by atoms with van der Waals surface area (Å²) < 4.78 is 0. The molecular formula is C16H21ClN4O. The molecule has 0 amide bonds. The topological polar surface area (TPSA) is 52.5 Å². The first-order chi connectivity index (χ1) is 10.7. The van der Waals surface area contributed by atoms with Crippen molar-refractivity contribution >= 4 is 28.5 Å². The molecule has 0 saturated carbocycles. The van der Waals surface area contributed by atoms with Gasteiger partial charge in [-0.2, -0.15) is 0 Å². The van der Waals surface area contributed by atoms with Crippen LogP contribution in [0.15, 0.2) is 24.4 Å². The van der Waals surface area contributed by atoms with Gasteiger partial charge in [0.25, 0.3) is 0 Å². The van der Waals surface area contributed by atoms with E-state index in [1.54, 1.807) is 6.20 Å². The number of rotatable bonds is 4. The number of piperazine rings is 1. The number of aliphatic hydroxyl groups is 1. The number of hydrogen-bond donors (Lipinski definition) is 1. The van der Waals surface area contributed by atoms with Gasteiger partial charge in [0.2, 0.25) is 0 Å². The molecule has 0 bridgehead atoms. The highest BCUT2D eigenvalue weighted by Gasteiger charge is 2.23. The molecular weight excluding hydrogens is 300 g/mol. The second-order valence-electron chi connectivity index (χ2n) is 5.64. The van der Waals surface area contributed by atoms with Crippen LogP contribution in [0, 0.1) is 0 Å². The molecule has 22 heavy (non-hydrogen) atoms. The van der Waals surface area contributed by atoms with E-state index in [1.807, 2.05) is 18.2 Å². The maximum atomic E-state index is 9.42. The summed E-state index contributed by atoms with van der Waals surface area (Å²) in [6.07, 6.45) is 2.61. The van der Waals surface area contributed by atoms with E-state index >= 15 is 0 Å². The summed E-state index contributed by atoms with van der Waals surface area (Å²) in [7, 11) is 0. The highest BCUT2D eigenvalue weighted by Crippen LogP contribution is 2.21. The highest BCUT2D eigenvalue weighted by atomic mass is 35.5. The first-order valence-corrected chi connectivity index (χ1v) is 8.11. The van der Waals surface area contributed by atoms with Gasteiger partial charge in [-0.25, -0.2) is 9.97 Å². The first kappa shape index (κ1) is 15.5. The Hall–Kier alpha value is -1.43. The van der Waals surface area contributed by atoms with Crippen LogP contribution in [0.2, 0.25) is 5.02 Å². The quantitative estimate of drug-likeness (QED) is 0.935. The van der Waals surface area contributed by atoms with Gasteiger partial charge in [0.15, 0.2) is 5.65 Å². The molecule has 0 aromatic carbocycles. The Morgan fingerprint density at radius 2 is 2.05 bits per heavy atom. The van der Waals surface area contributed by atoms with Crippen molar-refractivity contribution in [3.05, 3.63) is 29.4 Å². The zero-order chi connectivity index (χ0) is 15.5. The van der Waals surface area contributed by atoms with Crippen LogP contribution in [0.25, 0.3) is 11.0 Å². The second-order valence-corrected chi connectivity index (χ2v) is 6.07. The van der Waals surface area contributed by atoms with Gasteiger partial charge >= 0.3 is 0 Å². The Bertz CT molecular complexity index is 639. The van der Waals surface area contributed by atoms with Crippen molar-refractivity contribution in [1.82, 2.24) is 14.9 Å². The summed E-state index contributed by atoms with van der Waals surface area (Å²) in [5.41, 5.74) is 0.728. The van der Waals surface area contributed by atoms with Gasteiger partial charge in [0.05, 0.1) is 11.6 Å². The van der Waals surface area contributed by atoms with Gasteiger partial charge < -0.3 is 10.0 Å². The molecule has 6 heteroatoms. The van der Waals surface area contributed by atoms with Crippen LogP contribution < -0.4 is 4.90 Å². The smallest absolute Gasteiger partial charge is 0.161 e. The third-order valence-corrected chi connectivity index (χ3v) is 4.54. The van der Waals surface area contributed by atoms with Crippen molar-refractivity contribution in [1.29, 1.82) is 0 Å². The fourth-order valence-electron chi connectivity index (χ4n) is 2.97. The van der Waals surface area contributed by atoms with E-state index in [2.05, 4.69) is 26.7 Å². The lowest BCUT2D eigenvalue weighted by molar-refractivity contribution is 0.114. The van der Waals surface area contributed by atoms with E-state index in [0.717, 1.165) is 49.5 Å². The molecule has 2 aromatic heterocycles. The summed E-state index contributed by atoms with van der Waals surface area (Å²) in [5.74, 6) is 0.957. The maximum absolute atomic E-state index is 9.42. The first-order valence-electron chi connectivity index (χ1n) is 7.73. The van der Waals surface area contributed by atoms with Crippen LogP contribution in [0.1, 0.15) is 13.3 Å². The fourth-order valence-corrected chi connectivity index (χ4v) is 3.14. The molecule has 5 nitrogen and oxygen atoms in total. The molecule has 3 heterocycles. The van der Waals surface area contributed by atoms with Crippen molar-refractivity contribution in [3.8, 4) is 0 Å². The van der Waals surface area contributed by atoms with Crippen molar-refractivity contribution < 1.29 is 5.11 Å². The van der Waals surface area contributed by atoms with E-state index in [4.69, 9.17) is 11.6 Å². The van der Waals surface area contributed by atoms with Crippen molar-refractivity contribution in [2.45, 2.75) is 19.4 Å². The van der Waals surface area contributed by atoms with Crippen molar-refractivity contribution in [2.24, 2.45) is 0 Å². The van der Waals surface area contributed by atoms with Gasteiger partial charge in [0, 0.05) is 43.8 Å². The van der Waals surface area contributed by atoms with Crippen LogP contribution in [-0.4, -0.2) is 58.8 Å². The third kappa shape index (κ3) is 3.16. The monoisotopic (exact) mass is 320 g/mol. The SMILES string of the molecule is CCC(CO)N1CCN(c2ccc3cc(Cl)cnc3n2)CC1. The number of aromatic nitrogens is 2. The zero-order valence-corrected chi connectivity index (χ0v) is 13.5. The standard InChI is InChI=1S/C16H21ClN4O/c1-2-14(11-22)20-5-7-21(8-6-20)15-4-3-12-9-13(17)10-18-16(12)19-15/h3-4,9-10,14,22H,2,5-8,11H2,1H3. The van der Waals surface area contributed by atoms with Crippen molar-refractivity contribution in [3.63, 3.8) is 0 Å². The van der Waals surface area contributed by atoms with E-state index in [9.17, 15) is 5.11 Å². The van der Waals surface area contributed by atoms with Crippen molar-refractivity contribution in [2.75, 3.05) is 37.7 Å². The molecule has 0 radical (unpaired) electrons. The summed E-state index contributed by atoms with van der Waals surface area (Å²) in [6.45, 7) is 6.09. The number of hydrogen-bond acceptors (Lipinski definition) is 5. The number of anilines is 1. The molecule has 1 unspecified atom stereocenters. The number of nitrogens with zero attached hydrogens (tertiary/aromatic N) is 4. The van der Waals surface area contributed by atoms with Gasteiger partial charge in [-0.1, -0.05) is 18.5 Å². The predicted molar refractivity (Wildman–Crippen MR) is 89.5 cm³/mol.